The van der Waals surface area contributed by atoms with Gasteiger partial charge < -0.3 is 10.5 Å². The summed E-state index contributed by atoms with van der Waals surface area (Å²) in [6, 6.07) is 7.20. The van der Waals surface area contributed by atoms with Crippen molar-refractivity contribution in [3.05, 3.63) is 29.3 Å². The molecule has 1 aromatic rings. The fourth-order valence-corrected chi connectivity index (χ4v) is 2.53. The van der Waals surface area contributed by atoms with Crippen molar-refractivity contribution in [3.8, 4) is 11.8 Å². The first-order valence-electron chi connectivity index (χ1n) is 6.26. The van der Waals surface area contributed by atoms with E-state index < -0.39 is 0 Å². The number of nitriles is 1. The fourth-order valence-electron chi connectivity index (χ4n) is 2.53. The quantitative estimate of drug-likeness (QED) is 0.875. The van der Waals surface area contributed by atoms with E-state index in [1.165, 1.54) is 0 Å². The molecule has 1 amide bonds. The molecular weight excluding hydrogens is 242 g/mol. The number of ether oxygens (including phenoxy) is 1. The number of amides is 1. The molecule has 100 valence electrons. The maximum absolute atomic E-state index is 11.4. The van der Waals surface area contributed by atoms with Gasteiger partial charge >= 0.3 is 0 Å². The van der Waals surface area contributed by atoms with E-state index in [0.29, 0.717) is 12.1 Å². The number of likely N-dealkylation sites (tertiary alicyclic amines) is 1. The van der Waals surface area contributed by atoms with Gasteiger partial charge in [-0.2, -0.15) is 5.26 Å². The maximum Gasteiger partial charge on any atom is 0.234 e. The van der Waals surface area contributed by atoms with Crippen LogP contribution in [0, 0.1) is 11.3 Å². The van der Waals surface area contributed by atoms with Crippen molar-refractivity contribution < 1.29 is 9.53 Å². The van der Waals surface area contributed by atoms with Crippen molar-refractivity contribution in [1.29, 1.82) is 5.26 Å². The van der Waals surface area contributed by atoms with E-state index in [-0.39, 0.29) is 11.9 Å². The number of nitrogens with two attached hydrogens (primary N) is 1. The summed E-state index contributed by atoms with van der Waals surface area (Å²) in [6.07, 6.45) is 1.77. The Hall–Kier alpha value is -2.06. The standard InChI is InChI=1S/C14H17N3O2/c1-19-13-5-4-10(8-15)7-11(13)9-17-6-2-3-12(17)14(16)18/h4-5,7,12H,2-3,6,9H2,1H3,(H2,16,18). The van der Waals surface area contributed by atoms with Gasteiger partial charge in [-0.3, -0.25) is 9.69 Å². The number of carbonyl (C=O) groups is 1. The molecule has 1 fully saturated rings. The number of rotatable bonds is 4. The van der Waals surface area contributed by atoms with Crippen molar-refractivity contribution in [2.45, 2.75) is 25.4 Å². The lowest BCUT2D eigenvalue weighted by Gasteiger charge is -2.22. The highest BCUT2D eigenvalue weighted by Gasteiger charge is 2.29. The third kappa shape index (κ3) is 2.85. The summed E-state index contributed by atoms with van der Waals surface area (Å²) in [5.41, 5.74) is 6.90. The SMILES string of the molecule is COc1ccc(C#N)cc1CN1CCCC1C(N)=O. The number of hydrogen-bond acceptors (Lipinski definition) is 4. The zero-order valence-electron chi connectivity index (χ0n) is 10.9. The van der Waals surface area contributed by atoms with Crippen LogP contribution in [0.25, 0.3) is 0 Å². The number of benzene rings is 1. The van der Waals surface area contributed by atoms with Crippen molar-refractivity contribution in [2.75, 3.05) is 13.7 Å². The number of hydrogen-bond donors (Lipinski definition) is 1. The molecule has 1 aliphatic rings. The zero-order chi connectivity index (χ0) is 13.8. The maximum atomic E-state index is 11.4. The monoisotopic (exact) mass is 259 g/mol. The van der Waals surface area contributed by atoms with Gasteiger partial charge in [0.15, 0.2) is 0 Å². The molecule has 5 heteroatoms. The topological polar surface area (TPSA) is 79.3 Å². The lowest BCUT2D eigenvalue weighted by molar-refractivity contribution is -0.122. The zero-order valence-corrected chi connectivity index (χ0v) is 10.9. The van der Waals surface area contributed by atoms with Gasteiger partial charge in [-0.25, -0.2) is 0 Å². The van der Waals surface area contributed by atoms with E-state index in [2.05, 4.69) is 6.07 Å². The van der Waals surface area contributed by atoms with Crippen molar-refractivity contribution in [2.24, 2.45) is 5.73 Å². The highest BCUT2D eigenvalue weighted by Crippen LogP contribution is 2.25. The van der Waals surface area contributed by atoms with E-state index in [1.807, 2.05) is 4.90 Å². The highest BCUT2D eigenvalue weighted by molar-refractivity contribution is 5.80. The van der Waals surface area contributed by atoms with E-state index in [9.17, 15) is 4.79 Å². The second-order valence-electron chi connectivity index (χ2n) is 4.67. The first-order chi connectivity index (χ1) is 9.15. The third-order valence-electron chi connectivity index (χ3n) is 3.48. The van der Waals surface area contributed by atoms with Crippen molar-refractivity contribution in [3.63, 3.8) is 0 Å². The molecule has 1 heterocycles. The number of nitrogens with zero attached hydrogens (tertiary/aromatic N) is 2. The van der Waals surface area contributed by atoms with Crippen LogP contribution in [0.3, 0.4) is 0 Å². The molecule has 2 rings (SSSR count). The van der Waals surface area contributed by atoms with Gasteiger partial charge in [-0.1, -0.05) is 0 Å². The molecule has 0 spiro atoms. The van der Waals surface area contributed by atoms with Crippen LogP contribution in [0.15, 0.2) is 18.2 Å². The van der Waals surface area contributed by atoms with Crippen LogP contribution in [0.4, 0.5) is 0 Å². The molecule has 5 nitrogen and oxygen atoms in total. The van der Waals surface area contributed by atoms with E-state index in [1.54, 1.807) is 25.3 Å². The Balaban J connectivity index is 2.22. The second-order valence-corrected chi connectivity index (χ2v) is 4.67. The van der Waals surface area contributed by atoms with Gasteiger partial charge in [0.25, 0.3) is 0 Å². The minimum absolute atomic E-state index is 0.213. The predicted molar refractivity (Wildman–Crippen MR) is 70.3 cm³/mol. The largest absolute Gasteiger partial charge is 0.496 e. The van der Waals surface area contributed by atoms with Crippen LogP contribution in [0.5, 0.6) is 5.75 Å². The van der Waals surface area contributed by atoms with Crippen molar-refractivity contribution >= 4 is 5.91 Å². The van der Waals surface area contributed by atoms with Crippen molar-refractivity contribution in [1.82, 2.24) is 4.90 Å². The minimum atomic E-state index is -0.284. The second kappa shape index (κ2) is 5.72. The molecule has 1 unspecified atom stereocenters. The van der Waals surface area contributed by atoms with Gasteiger partial charge in [-0.15, -0.1) is 0 Å². The van der Waals surface area contributed by atoms with Gasteiger partial charge in [0.2, 0.25) is 5.91 Å². The molecule has 0 aromatic heterocycles. The van der Waals surface area contributed by atoms with E-state index >= 15 is 0 Å². The molecular formula is C14H17N3O2. The summed E-state index contributed by atoms with van der Waals surface area (Å²) in [6.45, 7) is 1.42. The number of carbonyl (C=O) groups excluding carboxylic acids is 1. The highest BCUT2D eigenvalue weighted by atomic mass is 16.5. The lowest BCUT2D eigenvalue weighted by atomic mass is 10.1. The molecule has 19 heavy (non-hydrogen) atoms. The molecule has 0 bridgehead atoms. The lowest BCUT2D eigenvalue weighted by Crippen LogP contribution is -2.39. The molecule has 0 aliphatic carbocycles. The minimum Gasteiger partial charge on any atom is -0.496 e. The summed E-state index contributed by atoms with van der Waals surface area (Å²) in [5, 5.41) is 8.95. The summed E-state index contributed by atoms with van der Waals surface area (Å²) >= 11 is 0. The normalized spacial score (nSPS) is 19.1. The van der Waals surface area contributed by atoms with Crippen LogP contribution in [-0.4, -0.2) is 30.5 Å². The van der Waals surface area contributed by atoms with Gasteiger partial charge in [0.1, 0.15) is 5.75 Å². The molecule has 0 saturated carbocycles. The smallest absolute Gasteiger partial charge is 0.234 e. The average Bonchev–Trinajstić information content (AvgIpc) is 2.87. The molecule has 1 aliphatic heterocycles. The Morgan fingerprint density at radius 2 is 2.42 bits per heavy atom. The number of methoxy groups -OCH3 is 1. The summed E-state index contributed by atoms with van der Waals surface area (Å²) in [4.78, 5) is 13.4. The van der Waals surface area contributed by atoms with E-state index in [0.717, 1.165) is 30.7 Å². The molecule has 1 atom stereocenters. The van der Waals surface area contributed by atoms with Crippen LogP contribution >= 0.6 is 0 Å². The number of primary amides is 1. The average molecular weight is 259 g/mol. The Morgan fingerprint density at radius 1 is 1.63 bits per heavy atom. The first kappa shape index (κ1) is 13.4. The Kier molecular flexibility index (Phi) is 4.03. The third-order valence-corrected chi connectivity index (χ3v) is 3.48. The summed E-state index contributed by atoms with van der Waals surface area (Å²) < 4.78 is 5.30. The van der Waals surface area contributed by atoms with E-state index in [4.69, 9.17) is 15.7 Å². The molecule has 1 aromatic carbocycles. The molecule has 0 radical (unpaired) electrons. The predicted octanol–water partition coefficient (Wildman–Crippen LogP) is 1.02. The van der Waals surface area contributed by atoms with Gasteiger partial charge in [-0.05, 0) is 37.6 Å². The van der Waals surface area contributed by atoms with Crippen LogP contribution in [-0.2, 0) is 11.3 Å². The summed E-state index contributed by atoms with van der Waals surface area (Å²) in [7, 11) is 1.60. The Bertz CT molecular complexity index is 522. The van der Waals surface area contributed by atoms with Crippen LogP contribution in [0.1, 0.15) is 24.0 Å². The summed E-state index contributed by atoms with van der Waals surface area (Å²) in [5.74, 6) is 0.446. The van der Waals surface area contributed by atoms with Crippen LogP contribution < -0.4 is 10.5 Å². The molecule has 2 N–H and O–H groups in total. The van der Waals surface area contributed by atoms with Gasteiger partial charge in [0.05, 0.1) is 24.8 Å². The Labute approximate surface area is 112 Å². The fraction of sp³-hybridized carbons (Fsp3) is 0.429. The molecule has 1 saturated heterocycles. The first-order valence-corrected chi connectivity index (χ1v) is 6.26. The Morgan fingerprint density at radius 3 is 3.05 bits per heavy atom. The van der Waals surface area contributed by atoms with Crippen LogP contribution in [0.2, 0.25) is 0 Å². The van der Waals surface area contributed by atoms with Gasteiger partial charge in [0, 0.05) is 12.1 Å².